The molecule has 0 atom stereocenters. The van der Waals surface area contributed by atoms with E-state index in [2.05, 4.69) is 31.0 Å². The Morgan fingerprint density at radius 3 is 2.30 bits per heavy atom. The molecule has 2 heteroatoms. The number of nitrogens with zero attached hydrogens (tertiary/aromatic N) is 1. The topological polar surface area (TPSA) is 12.9 Å². The second-order valence-corrected chi connectivity index (χ2v) is 9.32. The molecule has 1 heterocycles. The van der Waals surface area contributed by atoms with Gasteiger partial charge in [-0.1, -0.05) is 70.9 Å². The fourth-order valence-electron chi connectivity index (χ4n) is 5.03. The summed E-state index contributed by atoms with van der Waals surface area (Å²) in [5, 5.41) is 0. The van der Waals surface area contributed by atoms with Gasteiger partial charge in [0.25, 0.3) is 0 Å². The molecule has 1 aliphatic carbocycles. The lowest BCUT2D eigenvalue weighted by Gasteiger charge is -2.28. The van der Waals surface area contributed by atoms with Crippen LogP contribution >= 0.6 is 0 Å². The van der Waals surface area contributed by atoms with Crippen molar-refractivity contribution in [2.45, 2.75) is 103 Å². The van der Waals surface area contributed by atoms with Crippen molar-refractivity contribution in [3.8, 4) is 11.3 Å². The van der Waals surface area contributed by atoms with E-state index in [-0.39, 0.29) is 5.82 Å². The van der Waals surface area contributed by atoms with Crippen LogP contribution in [0.25, 0.3) is 11.3 Å². The molecule has 0 bridgehead atoms. The molecule has 0 aliphatic heterocycles. The summed E-state index contributed by atoms with van der Waals surface area (Å²) < 4.78 is 14.7. The summed E-state index contributed by atoms with van der Waals surface area (Å²) in [4.78, 5) is 4.63. The summed E-state index contributed by atoms with van der Waals surface area (Å²) in [5.41, 5.74) is 3.81. The molecule has 2 aromatic rings. The Balaban J connectivity index is 1.53. The van der Waals surface area contributed by atoms with E-state index >= 15 is 0 Å². The second-order valence-electron chi connectivity index (χ2n) is 9.32. The standard InChI is InChI=1S/C28H40FN/c1-3-5-6-7-8-9-11-23-14-18-26(27(29)20-23)28-19-17-25(21-30-28)24-15-12-22(10-4-2)13-16-24/h14,17-22,24H,3-13,15-16H2,1-2H3/t22-,24-. The van der Waals surface area contributed by atoms with Crippen molar-refractivity contribution >= 4 is 0 Å². The average Bonchev–Trinajstić information content (AvgIpc) is 2.77. The van der Waals surface area contributed by atoms with Gasteiger partial charge in [0.15, 0.2) is 0 Å². The van der Waals surface area contributed by atoms with Crippen LogP contribution in [0, 0.1) is 11.7 Å². The number of aryl methyl sites for hydroxylation is 1. The summed E-state index contributed by atoms with van der Waals surface area (Å²) in [7, 11) is 0. The first-order valence-electron chi connectivity index (χ1n) is 12.5. The minimum absolute atomic E-state index is 0.140. The van der Waals surface area contributed by atoms with Gasteiger partial charge in [-0.2, -0.15) is 0 Å². The molecular weight excluding hydrogens is 369 g/mol. The van der Waals surface area contributed by atoms with E-state index in [9.17, 15) is 4.39 Å². The molecule has 3 rings (SSSR count). The number of halogens is 1. The Kier molecular flexibility index (Phi) is 9.36. The van der Waals surface area contributed by atoms with Crippen LogP contribution in [0.2, 0.25) is 0 Å². The van der Waals surface area contributed by atoms with E-state index in [1.54, 1.807) is 6.07 Å². The van der Waals surface area contributed by atoms with Crippen LogP contribution in [0.5, 0.6) is 0 Å². The Morgan fingerprint density at radius 2 is 1.63 bits per heavy atom. The molecule has 0 unspecified atom stereocenters. The van der Waals surface area contributed by atoms with Crippen LogP contribution in [-0.2, 0) is 6.42 Å². The van der Waals surface area contributed by atoms with Crippen LogP contribution in [0.4, 0.5) is 4.39 Å². The van der Waals surface area contributed by atoms with E-state index in [1.165, 1.54) is 76.2 Å². The summed E-state index contributed by atoms with van der Waals surface area (Å²) in [6.07, 6.45) is 18.5. The van der Waals surface area contributed by atoms with Gasteiger partial charge in [-0.25, -0.2) is 4.39 Å². The maximum absolute atomic E-state index is 14.7. The van der Waals surface area contributed by atoms with Gasteiger partial charge in [-0.15, -0.1) is 0 Å². The quantitative estimate of drug-likeness (QED) is 0.338. The lowest BCUT2D eigenvalue weighted by Crippen LogP contribution is -2.13. The zero-order valence-corrected chi connectivity index (χ0v) is 19.1. The molecule has 1 saturated carbocycles. The maximum atomic E-state index is 14.7. The first kappa shape index (κ1) is 23.0. The molecule has 1 nitrogen and oxygen atoms in total. The van der Waals surface area contributed by atoms with Gasteiger partial charge in [0.05, 0.1) is 5.69 Å². The van der Waals surface area contributed by atoms with Crippen LogP contribution in [0.15, 0.2) is 36.5 Å². The van der Waals surface area contributed by atoms with E-state index < -0.39 is 0 Å². The molecular formula is C28H40FN. The van der Waals surface area contributed by atoms with Gasteiger partial charge >= 0.3 is 0 Å². The van der Waals surface area contributed by atoms with E-state index in [0.717, 1.165) is 30.0 Å². The zero-order valence-electron chi connectivity index (χ0n) is 19.1. The third-order valence-corrected chi connectivity index (χ3v) is 6.93. The van der Waals surface area contributed by atoms with E-state index in [4.69, 9.17) is 0 Å². The van der Waals surface area contributed by atoms with Crippen LogP contribution in [0.3, 0.4) is 0 Å². The smallest absolute Gasteiger partial charge is 0.132 e. The lowest BCUT2D eigenvalue weighted by atomic mass is 9.77. The molecule has 164 valence electrons. The van der Waals surface area contributed by atoms with Crippen LogP contribution in [-0.4, -0.2) is 4.98 Å². The highest BCUT2D eigenvalue weighted by Gasteiger charge is 2.22. The van der Waals surface area contributed by atoms with Crippen molar-refractivity contribution in [3.05, 3.63) is 53.5 Å². The summed E-state index contributed by atoms with van der Waals surface area (Å²) in [6.45, 7) is 4.53. The van der Waals surface area contributed by atoms with Gasteiger partial charge in [-0.3, -0.25) is 4.98 Å². The number of unbranched alkanes of at least 4 members (excludes halogenated alkanes) is 5. The number of aromatic nitrogens is 1. The minimum atomic E-state index is -0.140. The zero-order chi connectivity index (χ0) is 21.2. The van der Waals surface area contributed by atoms with Crippen molar-refractivity contribution in [1.82, 2.24) is 4.98 Å². The lowest BCUT2D eigenvalue weighted by molar-refractivity contribution is 0.308. The second kappa shape index (κ2) is 12.2. The fourth-order valence-corrected chi connectivity index (χ4v) is 5.03. The molecule has 1 aliphatic rings. The summed E-state index contributed by atoms with van der Waals surface area (Å²) >= 11 is 0. The van der Waals surface area contributed by atoms with Crippen molar-refractivity contribution in [3.63, 3.8) is 0 Å². The Morgan fingerprint density at radius 1 is 0.867 bits per heavy atom. The number of benzene rings is 1. The molecule has 0 N–H and O–H groups in total. The van der Waals surface area contributed by atoms with E-state index in [1.807, 2.05) is 18.3 Å². The summed E-state index contributed by atoms with van der Waals surface area (Å²) in [6, 6.07) is 9.90. The number of hydrogen-bond acceptors (Lipinski definition) is 1. The average molecular weight is 410 g/mol. The number of rotatable bonds is 11. The van der Waals surface area contributed by atoms with Gasteiger partial charge in [0.2, 0.25) is 0 Å². The van der Waals surface area contributed by atoms with Crippen LogP contribution in [0.1, 0.15) is 108 Å². The third kappa shape index (κ3) is 6.65. The molecule has 0 spiro atoms. The fraction of sp³-hybridized carbons (Fsp3) is 0.607. The highest BCUT2D eigenvalue weighted by atomic mass is 19.1. The van der Waals surface area contributed by atoms with Crippen molar-refractivity contribution < 1.29 is 4.39 Å². The molecule has 0 radical (unpaired) electrons. The van der Waals surface area contributed by atoms with E-state index in [0.29, 0.717) is 11.5 Å². The molecule has 1 fully saturated rings. The Hall–Kier alpha value is -1.70. The first-order valence-corrected chi connectivity index (χ1v) is 12.5. The predicted molar refractivity (Wildman–Crippen MR) is 126 cm³/mol. The summed E-state index contributed by atoms with van der Waals surface area (Å²) in [5.74, 6) is 1.41. The minimum Gasteiger partial charge on any atom is -0.256 e. The van der Waals surface area contributed by atoms with Gasteiger partial charge in [-0.05, 0) is 79.7 Å². The molecule has 1 aromatic carbocycles. The number of hydrogen-bond donors (Lipinski definition) is 0. The molecule has 0 amide bonds. The first-order chi connectivity index (χ1) is 14.7. The van der Waals surface area contributed by atoms with Gasteiger partial charge in [0.1, 0.15) is 5.82 Å². The number of pyridine rings is 1. The Bertz CT molecular complexity index is 744. The molecule has 0 saturated heterocycles. The van der Waals surface area contributed by atoms with Crippen molar-refractivity contribution in [1.29, 1.82) is 0 Å². The highest BCUT2D eigenvalue weighted by molar-refractivity contribution is 5.60. The van der Waals surface area contributed by atoms with Gasteiger partial charge in [0, 0.05) is 11.8 Å². The predicted octanol–water partition coefficient (Wildman–Crippen LogP) is 8.86. The van der Waals surface area contributed by atoms with Gasteiger partial charge < -0.3 is 0 Å². The maximum Gasteiger partial charge on any atom is 0.132 e. The molecule has 30 heavy (non-hydrogen) atoms. The largest absolute Gasteiger partial charge is 0.256 e. The normalized spacial score (nSPS) is 19.2. The molecule has 1 aromatic heterocycles. The van der Waals surface area contributed by atoms with Crippen molar-refractivity contribution in [2.24, 2.45) is 5.92 Å². The van der Waals surface area contributed by atoms with Crippen molar-refractivity contribution in [2.75, 3.05) is 0 Å². The SMILES string of the molecule is CCCCCCCCc1ccc(-c2ccc([C@H]3CC[C@H](CCC)CC3)cn2)c(F)c1. The highest BCUT2D eigenvalue weighted by Crippen LogP contribution is 2.37. The Labute approximate surface area is 183 Å². The monoisotopic (exact) mass is 409 g/mol. The van der Waals surface area contributed by atoms with Crippen LogP contribution < -0.4 is 0 Å². The third-order valence-electron chi connectivity index (χ3n) is 6.93.